The van der Waals surface area contributed by atoms with Crippen molar-refractivity contribution in [1.82, 2.24) is 9.55 Å². The van der Waals surface area contributed by atoms with Gasteiger partial charge in [-0.3, -0.25) is 4.79 Å². The van der Waals surface area contributed by atoms with Crippen LogP contribution in [-0.2, 0) is 10.3 Å². The lowest BCUT2D eigenvalue weighted by atomic mass is 10.1. The second-order valence-electron chi connectivity index (χ2n) is 3.67. The van der Waals surface area contributed by atoms with Crippen molar-refractivity contribution < 1.29 is 9.53 Å². The van der Waals surface area contributed by atoms with E-state index >= 15 is 0 Å². The van der Waals surface area contributed by atoms with E-state index in [2.05, 4.69) is 11.2 Å². The van der Waals surface area contributed by atoms with Crippen molar-refractivity contribution >= 4 is 5.91 Å². The molecule has 14 heavy (non-hydrogen) atoms. The van der Waals surface area contributed by atoms with E-state index in [-0.39, 0.29) is 11.4 Å². The van der Waals surface area contributed by atoms with Gasteiger partial charge in [-0.05, 0) is 13.8 Å². The summed E-state index contributed by atoms with van der Waals surface area (Å²) in [5.41, 5.74) is 4.81. The summed E-state index contributed by atoms with van der Waals surface area (Å²) in [4.78, 5) is 14.8. The second kappa shape index (κ2) is 3.79. The van der Waals surface area contributed by atoms with E-state index < -0.39 is 5.91 Å². The zero-order chi connectivity index (χ0) is 10.8. The highest BCUT2D eigenvalue weighted by molar-refractivity contribution is 5.89. The predicted molar refractivity (Wildman–Crippen MR) is 50.8 cm³/mol. The number of methoxy groups -OCH3 is 1. The Morgan fingerprint density at radius 3 is 2.93 bits per heavy atom. The quantitative estimate of drug-likeness (QED) is 0.745. The first-order chi connectivity index (χ1) is 6.49. The molecule has 0 saturated heterocycles. The van der Waals surface area contributed by atoms with Crippen LogP contribution in [0.1, 0.15) is 24.5 Å². The molecule has 1 radical (unpaired) electrons. The number of primary amides is 1. The van der Waals surface area contributed by atoms with Gasteiger partial charge in [-0.1, -0.05) is 0 Å². The average Bonchev–Trinajstić information content (AvgIpc) is 2.51. The van der Waals surface area contributed by atoms with Crippen LogP contribution in [0.3, 0.4) is 0 Å². The number of carbonyl (C=O) groups is 1. The number of nitrogens with two attached hydrogens (primary N) is 1. The number of rotatable bonds is 4. The first-order valence-electron chi connectivity index (χ1n) is 4.23. The van der Waals surface area contributed by atoms with E-state index in [1.54, 1.807) is 17.9 Å². The Morgan fingerprint density at radius 2 is 2.43 bits per heavy atom. The van der Waals surface area contributed by atoms with Crippen LogP contribution in [0.5, 0.6) is 0 Å². The van der Waals surface area contributed by atoms with Crippen LogP contribution in [0.25, 0.3) is 0 Å². The number of aromatic nitrogens is 2. The van der Waals surface area contributed by atoms with Gasteiger partial charge in [0.1, 0.15) is 6.20 Å². The Kier molecular flexibility index (Phi) is 2.90. The highest BCUT2D eigenvalue weighted by atomic mass is 16.5. The third kappa shape index (κ3) is 1.93. The van der Waals surface area contributed by atoms with E-state index in [1.165, 1.54) is 0 Å². The second-order valence-corrected chi connectivity index (χ2v) is 3.67. The average molecular weight is 196 g/mol. The molecule has 5 heteroatoms. The van der Waals surface area contributed by atoms with Gasteiger partial charge in [-0.2, -0.15) is 0 Å². The lowest BCUT2D eigenvalue weighted by Gasteiger charge is -2.26. The number of imidazole rings is 1. The molecule has 0 aliphatic rings. The molecule has 0 aliphatic carbocycles. The summed E-state index contributed by atoms with van der Waals surface area (Å²) in [6, 6.07) is 0. The Labute approximate surface area is 82.9 Å². The molecule has 0 bridgehead atoms. The molecule has 2 N–H and O–H groups in total. The summed E-state index contributed by atoms with van der Waals surface area (Å²) in [6.07, 6.45) is 4.20. The Morgan fingerprint density at radius 1 is 1.79 bits per heavy atom. The van der Waals surface area contributed by atoms with Crippen molar-refractivity contribution in [3.63, 3.8) is 0 Å². The summed E-state index contributed by atoms with van der Waals surface area (Å²) in [6.45, 7) is 4.33. The van der Waals surface area contributed by atoms with Gasteiger partial charge in [0.05, 0.1) is 12.1 Å². The number of hydrogen-bond donors (Lipinski definition) is 1. The molecule has 0 atom stereocenters. The topological polar surface area (TPSA) is 70.1 Å². The molecule has 1 rings (SSSR count). The van der Waals surface area contributed by atoms with E-state index in [4.69, 9.17) is 10.5 Å². The van der Waals surface area contributed by atoms with E-state index in [0.717, 1.165) is 0 Å². The van der Waals surface area contributed by atoms with Crippen LogP contribution in [-0.4, -0.2) is 29.2 Å². The molecule has 0 unspecified atom stereocenters. The SMILES string of the molecule is COCC(C)(C)n1c[c]nc1C(N)=O. The molecule has 77 valence electrons. The van der Waals surface area contributed by atoms with Gasteiger partial charge in [0, 0.05) is 13.3 Å². The van der Waals surface area contributed by atoms with Gasteiger partial charge in [-0.25, -0.2) is 4.98 Å². The van der Waals surface area contributed by atoms with Crippen molar-refractivity contribution in [3.8, 4) is 0 Å². The Hall–Kier alpha value is -1.36. The van der Waals surface area contributed by atoms with Gasteiger partial charge >= 0.3 is 0 Å². The van der Waals surface area contributed by atoms with Crippen LogP contribution in [0.15, 0.2) is 6.20 Å². The van der Waals surface area contributed by atoms with Crippen LogP contribution in [0.2, 0.25) is 0 Å². The molecule has 0 fully saturated rings. The van der Waals surface area contributed by atoms with Gasteiger partial charge in [0.15, 0.2) is 5.82 Å². The summed E-state index contributed by atoms with van der Waals surface area (Å²) >= 11 is 0. The standard InChI is InChI=1S/C9H14N3O2/c1-9(2,6-14-3)12-5-4-11-8(12)7(10)13/h5H,6H2,1-3H3,(H2,10,13). The summed E-state index contributed by atoms with van der Waals surface area (Å²) < 4.78 is 6.72. The molecule has 1 aromatic rings. The fourth-order valence-electron chi connectivity index (χ4n) is 1.32. The van der Waals surface area contributed by atoms with Crippen LogP contribution in [0, 0.1) is 6.20 Å². The van der Waals surface area contributed by atoms with Gasteiger partial charge in [0.2, 0.25) is 0 Å². The van der Waals surface area contributed by atoms with Crippen molar-refractivity contribution in [3.05, 3.63) is 18.2 Å². The minimum atomic E-state index is -0.560. The molecular weight excluding hydrogens is 182 g/mol. The van der Waals surface area contributed by atoms with Crippen molar-refractivity contribution in [1.29, 1.82) is 0 Å². The molecule has 5 nitrogen and oxygen atoms in total. The minimum Gasteiger partial charge on any atom is -0.382 e. The zero-order valence-corrected chi connectivity index (χ0v) is 8.57. The maximum atomic E-state index is 11.0. The molecule has 0 aromatic carbocycles. The number of carbonyl (C=O) groups excluding carboxylic acids is 1. The minimum absolute atomic E-state index is 0.201. The van der Waals surface area contributed by atoms with Gasteiger partial charge in [0.25, 0.3) is 5.91 Å². The maximum absolute atomic E-state index is 11.0. The van der Waals surface area contributed by atoms with Gasteiger partial charge in [-0.15, -0.1) is 0 Å². The lowest BCUT2D eigenvalue weighted by Crippen LogP contribution is -2.34. The highest BCUT2D eigenvalue weighted by Crippen LogP contribution is 2.16. The number of ether oxygens (including phenoxy) is 1. The smallest absolute Gasteiger partial charge is 0.284 e. The maximum Gasteiger partial charge on any atom is 0.284 e. The third-order valence-electron chi connectivity index (χ3n) is 1.96. The first kappa shape index (κ1) is 10.7. The van der Waals surface area contributed by atoms with Gasteiger partial charge < -0.3 is 15.0 Å². The molecular formula is C9H14N3O2. The highest BCUT2D eigenvalue weighted by Gasteiger charge is 2.24. The van der Waals surface area contributed by atoms with Crippen molar-refractivity contribution in [2.45, 2.75) is 19.4 Å². The fraction of sp³-hybridized carbons (Fsp3) is 0.556. The van der Waals surface area contributed by atoms with Crippen molar-refractivity contribution in [2.75, 3.05) is 13.7 Å². The van der Waals surface area contributed by atoms with E-state index in [0.29, 0.717) is 6.61 Å². The number of amides is 1. The Balaban J connectivity index is 3.05. The molecule has 0 spiro atoms. The van der Waals surface area contributed by atoms with Crippen LogP contribution < -0.4 is 5.73 Å². The van der Waals surface area contributed by atoms with E-state index in [1.807, 2.05) is 13.8 Å². The predicted octanol–water partition coefficient (Wildman–Crippen LogP) is 0.164. The molecule has 0 saturated carbocycles. The fourth-order valence-corrected chi connectivity index (χ4v) is 1.32. The van der Waals surface area contributed by atoms with Crippen LogP contribution in [0.4, 0.5) is 0 Å². The number of hydrogen-bond acceptors (Lipinski definition) is 3. The largest absolute Gasteiger partial charge is 0.382 e. The summed E-state index contributed by atoms with van der Waals surface area (Å²) in [5, 5.41) is 0. The Bertz CT molecular complexity index is 331. The first-order valence-corrected chi connectivity index (χ1v) is 4.23. The molecule has 1 amide bonds. The lowest BCUT2D eigenvalue weighted by molar-refractivity contribution is 0.0922. The summed E-state index contributed by atoms with van der Waals surface area (Å²) in [7, 11) is 1.60. The van der Waals surface area contributed by atoms with E-state index in [9.17, 15) is 4.79 Å². The monoisotopic (exact) mass is 196 g/mol. The zero-order valence-electron chi connectivity index (χ0n) is 8.57. The third-order valence-corrected chi connectivity index (χ3v) is 1.96. The van der Waals surface area contributed by atoms with Crippen LogP contribution >= 0.6 is 0 Å². The normalized spacial score (nSPS) is 11.6. The van der Waals surface area contributed by atoms with Crippen molar-refractivity contribution in [2.24, 2.45) is 5.73 Å². The summed E-state index contributed by atoms with van der Waals surface area (Å²) in [5.74, 6) is -0.359. The molecule has 0 aliphatic heterocycles. The molecule has 1 heterocycles. The number of nitrogens with zero attached hydrogens (tertiary/aromatic N) is 2. The molecule has 1 aromatic heterocycles.